The highest BCUT2D eigenvalue weighted by atomic mass is 32.1. The van der Waals surface area contributed by atoms with Crippen LogP contribution in [0.1, 0.15) is 29.7 Å². The van der Waals surface area contributed by atoms with Crippen molar-refractivity contribution >= 4 is 39.5 Å². The van der Waals surface area contributed by atoms with Crippen molar-refractivity contribution in [2.75, 3.05) is 13.6 Å². The third-order valence-corrected chi connectivity index (χ3v) is 6.63. The van der Waals surface area contributed by atoms with Gasteiger partial charge in [-0.15, -0.1) is 11.3 Å². The predicted octanol–water partition coefficient (Wildman–Crippen LogP) is 4.17. The third-order valence-electron chi connectivity index (χ3n) is 5.38. The number of carbonyl (C=O) groups excluding carboxylic acids is 2. The zero-order chi connectivity index (χ0) is 20.5. The molecule has 1 amide bonds. The predicted molar refractivity (Wildman–Crippen MR) is 113 cm³/mol. The molecule has 4 rings (SSSR count). The summed E-state index contributed by atoms with van der Waals surface area (Å²) in [5.41, 5.74) is 3.07. The van der Waals surface area contributed by atoms with Gasteiger partial charge in [0.1, 0.15) is 11.6 Å². The average Bonchev–Trinajstić information content (AvgIpc) is 3.01. The van der Waals surface area contributed by atoms with Crippen LogP contribution in [0.2, 0.25) is 0 Å². The van der Waals surface area contributed by atoms with Gasteiger partial charge in [-0.1, -0.05) is 0 Å². The number of amides is 1. The minimum absolute atomic E-state index is 0.111. The Kier molecular flexibility index (Phi) is 5.32. The summed E-state index contributed by atoms with van der Waals surface area (Å²) in [4.78, 5) is 33.0. The summed E-state index contributed by atoms with van der Waals surface area (Å²) in [5.74, 6) is -0.123. The second-order valence-corrected chi connectivity index (χ2v) is 8.62. The van der Waals surface area contributed by atoms with E-state index in [1.807, 2.05) is 11.8 Å². The Hall–Kier alpha value is -2.80. The standard InChI is InChI=1S/C22H22FN3O2S/c1-14-18-9-16(23)4-6-20(18)29-21(14)12-25(2)22(28)7-8-26-11-15-3-5-17(27)10-19(15)24-13-26/h4,6-9,13H,3,5,10-12H2,1-2H3/b8-7+. The molecule has 7 heteroatoms. The molecule has 29 heavy (non-hydrogen) atoms. The van der Waals surface area contributed by atoms with E-state index in [1.165, 1.54) is 17.7 Å². The Morgan fingerprint density at radius 2 is 2.21 bits per heavy atom. The highest BCUT2D eigenvalue weighted by Crippen LogP contribution is 2.32. The third kappa shape index (κ3) is 4.15. The lowest BCUT2D eigenvalue weighted by atomic mass is 9.94. The van der Waals surface area contributed by atoms with E-state index >= 15 is 0 Å². The first-order valence-corrected chi connectivity index (χ1v) is 10.4. The van der Waals surface area contributed by atoms with Crippen LogP contribution in [-0.4, -0.2) is 41.4 Å². The van der Waals surface area contributed by atoms with Crippen LogP contribution in [-0.2, 0) is 16.1 Å². The number of Topliss-reactive ketones (excluding diaryl/α,β-unsaturated/α-hetero) is 1. The molecule has 0 radical (unpaired) electrons. The van der Waals surface area contributed by atoms with Crippen molar-refractivity contribution in [1.82, 2.24) is 9.80 Å². The summed E-state index contributed by atoms with van der Waals surface area (Å²) in [5, 5.41) is 0.904. The molecule has 0 saturated heterocycles. The van der Waals surface area contributed by atoms with Gasteiger partial charge in [-0.25, -0.2) is 9.38 Å². The van der Waals surface area contributed by atoms with Crippen molar-refractivity contribution in [3.63, 3.8) is 0 Å². The van der Waals surface area contributed by atoms with Crippen LogP contribution < -0.4 is 0 Å². The summed E-state index contributed by atoms with van der Waals surface area (Å²) in [6.45, 7) is 3.11. The SMILES string of the molecule is Cc1c(CN(C)C(=O)/C=C/N2C=NC3=C(CCC(=O)C3)C2)sc2ccc(F)cc12. The largest absolute Gasteiger partial charge is 0.337 e. The van der Waals surface area contributed by atoms with Crippen molar-refractivity contribution in [2.45, 2.75) is 32.7 Å². The van der Waals surface area contributed by atoms with Crippen LogP contribution in [0.3, 0.4) is 0 Å². The number of aryl methyl sites for hydroxylation is 1. The molecule has 5 nitrogen and oxygen atoms in total. The normalized spacial score (nSPS) is 16.8. The van der Waals surface area contributed by atoms with Crippen LogP contribution in [0.25, 0.3) is 10.1 Å². The summed E-state index contributed by atoms with van der Waals surface area (Å²) >= 11 is 1.59. The van der Waals surface area contributed by atoms with Crippen LogP contribution in [0, 0.1) is 12.7 Å². The fourth-order valence-electron chi connectivity index (χ4n) is 3.61. The molecule has 2 heterocycles. The number of aliphatic imine (C=N–C) groups is 1. The number of halogens is 1. The summed E-state index contributed by atoms with van der Waals surface area (Å²) < 4.78 is 14.5. The van der Waals surface area contributed by atoms with Crippen molar-refractivity contribution in [1.29, 1.82) is 0 Å². The molecule has 2 aromatic rings. The Balaban J connectivity index is 1.40. The molecule has 0 N–H and O–H groups in total. The molecule has 0 saturated carbocycles. The number of hydrogen-bond acceptors (Lipinski definition) is 5. The Bertz CT molecular complexity index is 1080. The van der Waals surface area contributed by atoms with E-state index in [4.69, 9.17) is 0 Å². The second kappa shape index (κ2) is 7.91. The topological polar surface area (TPSA) is 53.0 Å². The average molecular weight is 412 g/mol. The van der Waals surface area contributed by atoms with E-state index in [0.29, 0.717) is 25.9 Å². The number of hydrogen-bond donors (Lipinski definition) is 0. The quantitative estimate of drug-likeness (QED) is 0.710. The number of carbonyl (C=O) groups is 2. The fourth-order valence-corrected chi connectivity index (χ4v) is 4.86. The Labute approximate surface area is 172 Å². The van der Waals surface area contributed by atoms with Gasteiger partial charge in [0.25, 0.3) is 0 Å². The molecular formula is C22H22FN3O2S. The molecule has 0 atom stereocenters. The number of likely N-dealkylation sites (N-methyl/N-ethyl adjacent to an activating group) is 1. The maximum absolute atomic E-state index is 13.5. The second-order valence-electron chi connectivity index (χ2n) is 7.48. The molecule has 1 aromatic heterocycles. The van der Waals surface area contributed by atoms with Crippen LogP contribution in [0.4, 0.5) is 4.39 Å². The number of nitrogens with zero attached hydrogens (tertiary/aromatic N) is 3. The molecule has 1 aliphatic carbocycles. The molecule has 0 unspecified atom stereocenters. The maximum Gasteiger partial charge on any atom is 0.248 e. The van der Waals surface area contributed by atoms with E-state index in [9.17, 15) is 14.0 Å². The van der Waals surface area contributed by atoms with E-state index < -0.39 is 0 Å². The number of fused-ring (bicyclic) bond motifs is 1. The van der Waals surface area contributed by atoms with E-state index in [2.05, 4.69) is 4.99 Å². The number of ketones is 1. The summed E-state index contributed by atoms with van der Waals surface area (Å²) in [6, 6.07) is 4.79. The van der Waals surface area contributed by atoms with Gasteiger partial charge in [-0.05, 0) is 48.1 Å². The van der Waals surface area contributed by atoms with Crippen molar-refractivity contribution in [3.05, 3.63) is 58.0 Å². The van der Waals surface area contributed by atoms with E-state index in [-0.39, 0.29) is 17.5 Å². The molecule has 0 bridgehead atoms. The van der Waals surface area contributed by atoms with Crippen molar-refractivity contribution < 1.29 is 14.0 Å². The van der Waals surface area contributed by atoms with Crippen molar-refractivity contribution in [2.24, 2.45) is 4.99 Å². The van der Waals surface area contributed by atoms with E-state index in [0.717, 1.165) is 32.6 Å². The Morgan fingerprint density at radius 1 is 1.38 bits per heavy atom. The molecule has 150 valence electrons. The molecular weight excluding hydrogens is 389 g/mol. The summed E-state index contributed by atoms with van der Waals surface area (Å²) in [7, 11) is 1.76. The first kappa shape index (κ1) is 19.5. The number of benzene rings is 1. The van der Waals surface area contributed by atoms with E-state index in [1.54, 1.807) is 48.0 Å². The lowest BCUT2D eigenvalue weighted by Crippen LogP contribution is -2.28. The zero-order valence-corrected chi connectivity index (χ0v) is 17.3. The van der Waals surface area contributed by atoms with Gasteiger partial charge in [0, 0.05) is 48.3 Å². The monoisotopic (exact) mass is 411 g/mol. The zero-order valence-electron chi connectivity index (χ0n) is 16.4. The van der Waals surface area contributed by atoms with Gasteiger partial charge in [-0.2, -0.15) is 0 Å². The smallest absolute Gasteiger partial charge is 0.248 e. The van der Waals surface area contributed by atoms with Gasteiger partial charge in [0.15, 0.2) is 0 Å². The van der Waals surface area contributed by atoms with Gasteiger partial charge < -0.3 is 9.80 Å². The first-order valence-electron chi connectivity index (χ1n) is 9.54. The highest BCUT2D eigenvalue weighted by Gasteiger charge is 2.21. The summed E-state index contributed by atoms with van der Waals surface area (Å²) in [6.07, 6.45) is 6.68. The molecule has 1 aromatic carbocycles. The minimum atomic E-state index is -0.249. The van der Waals surface area contributed by atoms with Crippen molar-refractivity contribution in [3.8, 4) is 0 Å². The maximum atomic E-state index is 13.5. The first-order chi connectivity index (χ1) is 13.9. The molecule has 0 spiro atoms. The number of allylic oxidation sites excluding steroid dienone is 1. The number of thiophene rings is 1. The Morgan fingerprint density at radius 3 is 3.03 bits per heavy atom. The van der Waals surface area contributed by atoms with Crippen LogP contribution in [0.5, 0.6) is 0 Å². The minimum Gasteiger partial charge on any atom is -0.337 e. The fraction of sp³-hybridized carbons (Fsp3) is 0.318. The molecule has 1 aliphatic heterocycles. The van der Waals surface area contributed by atoms with Crippen LogP contribution in [0.15, 0.2) is 46.7 Å². The molecule has 0 fully saturated rings. The van der Waals surface area contributed by atoms with Crippen LogP contribution >= 0.6 is 11.3 Å². The lowest BCUT2D eigenvalue weighted by Gasteiger charge is -2.26. The lowest BCUT2D eigenvalue weighted by molar-refractivity contribution is -0.125. The van der Waals surface area contributed by atoms with Gasteiger partial charge >= 0.3 is 0 Å². The highest BCUT2D eigenvalue weighted by molar-refractivity contribution is 7.19. The van der Waals surface area contributed by atoms with Gasteiger partial charge in [0.05, 0.1) is 18.6 Å². The van der Waals surface area contributed by atoms with Gasteiger partial charge in [-0.3, -0.25) is 9.59 Å². The molecule has 2 aliphatic rings. The van der Waals surface area contributed by atoms with Gasteiger partial charge in [0.2, 0.25) is 5.91 Å². The number of rotatable bonds is 4.